The molecule has 2 amide bonds. The van der Waals surface area contributed by atoms with Gasteiger partial charge >= 0.3 is 0 Å². The third-order valence-electron chi connectivity index (χ3n) is 5.07. The number of carbonyl (C=O) groups is 2. The van der Waals surface area contributed by atoms with Crippen LogP contribution in [0.2, 0.25) is 0 Å². The van der Waals surface area contributed by atoms with E-state index in [-0.39, 0.29) is 42.6 Å². The predicted octanol–water partition coefficient (Wildman–Crippen LogP) is 1.60. The fourth-order valence-electron chi connectivity index (χ4n) is 3.58. The van der Waals surface area contributed by atoms with Crippen molar-refractivity contribution in [2.75, 3.05) is 39.4 Å². The van der Waals surface area contributed by atoms with Crippen molar-refractivity contribution >= 4 is 24.2 Å². The van der Waals surface area contributed by atoms with Crippen molar-refractivity contribution in [2.45, 2.75) is 25.3 Å². The summed E-state index contributed by atoms with van der Waals surface area (Å²) in [5, 5.41) is 0. The second-order valence-corrected chi connectivity index (χ2v) is 6.84. The van der Waals surface area contributed by atoms with E-state index in [4.69, 9.17) is 10.5 Å². The Hall–Kier alpha value is -1.63. The van der Waals surface area contributed by atoms with E-state index in [1.54, 1.807) is 0 Å². The Morgan fingerprint density at radius 2 is 1.81 bits per heavy atom. The van der Waals surface area contributed by atoms with Gasteiger partial charge in [-0.3, -0.25) is 9.59 Å². The molecular formula is C19H28ClN3O3. The number of piperidine rings is 1. The van der Waals surface area contributed by atoms with E-state index in [1.165, 1.54) is 0 Å². The maximum absolute atomic E-state index is 12.7. The third-order valence-corrected chi connectivity index (χ3v) is 5.07. The van der Waals surface area contributed by atoms with E-state index < -0.39 is 0 Å². The maximum atomic E-state index is 12.7. The van der Waals surface area contributed by atoms with Gasteiger partial charge in [-0.25, -0.2) is 0 Å². The highest BCUT2D eigenvalue weighted by atomic mass is 35.5. The monoisotopic (exact) mass is 381 g/mol. The number of benzene rings is 1. The lowest BCUT2D eigenvalue weighted by Gasteiger charge is -2.36. The smallest absolute Gasteiger partial charge is 0.227 e. The lowest BCUT2D eigenvalue weighted by molar-refractivity contribution is -0.144. The van der Waals surface area contributed by atoms with E-state index in [2.05, 4.69) is 0 Å². The summed E-state index contributed by atoms with van der Waals surface area (Å²) >= 11 is 0. The SMILES string of the molecule is Cl.NC(CC(=O)N1CCCC(C(=O)N2CCOCC2)C1)c1ccccc1. The number of likely N-dealkylation sites (tertiary alicyclic amines) is 1. The average Bonchev–Trinajstić information content (AvgIpc) is 2.68. The zero-order chi connectivity index (χ0) is 17.6. The van der Waals surface area contributed by atoms with Gasteiger partial charge in [-0.1, -0.05) is 30.3 Å². The number of nitrogens with two attached hydrogens (primary N) is 1. The Morgan fingerprint density at radius 3 is 2.50 bits per heavy atom. The Kier molecular flexibility index (Phi) is 7.87. The first-order valence-corrected chi connectivity index (χ1v) is 9.10. The van der Waals surface area contributed by atoms with Crippen LogP contribution in [-0.2, 0) is 14.3 Å². The van der Waals surface area contributed by atoms with E-state index in [9.17, 15) is 9.59 Å². The van der Waals surface area contributed by atoms with Crippen LogP contribution in [0.1, 0.15) is 30.9 Å². The van der Waals surface area contributed by atoms with E-state index >= 15 is 0 Å². The molecule has 144 valence electrons. The van der Waals surface area contributed by atoms with Gasteiger partial charge in [0.2, 0.25) is 11.8 Å². The summed E-state index contributed by atoms with van der Waals surface area (Å²) < 4.78 is 5.31. The molecule has 0 aliphatic carbocycles. The van der Waals surface area contributed by atoms with Crippen LogP contribution in [0.5, 0.6) is 0 Å². The minimum Gasteiger partial charge on any atom is -0.378 e. The minimum atomic E-state index is -0.302. The van der Waals surface area contributed by atoms with Gasteiger partial charge in [-0.05, 0) is 18.4 Å². The maximum Gasteiger partial charge on any atom is 0.227 e. The zero-order valence-corrected chi connectivity index (χ0v) is 15.8. The minimum absolute atomic E-state index is 0. The van der Waals surface area contributed by atoms with Crippen molar-refractivity contribution < 1.29 is 14.3 Å². The molecule has 0 aromatic heterocycles. The summed E-state index contributed by atoms with van der Waals surface area (Å²) in [4.78, 5) is 29.0. The highest BCUT2D eigenvalue weighted by Crippen LogP contribution is 2.22. The molecule has 0 radical (unpaired) electrons. The molecule has 1 aromatic carbocycles. The summed E-state index contributed by atoms with van der Waals surface area (Å²) in [6.07, 6.45) is 2.00. The Bertz CT molecular complexity index is 593. The van der Waals surface area contributed by atoms with Gasteiger partial charge < -0.3 is 20.3 Å². The molecule has 6 nitrogen and oxygen atoms in total. The van der Waals surface area contributed by atoms with Crippen LogP contribution >= 0.6 is 12.4 Å². The molecular weight excluding hydrogens is 354 g/mol. The van der Waals surface area contributed by atoms with Crippen molar-refractivity contribution in [3.8, 4) is 0 Å². The fraction of sp³-hybridized carbons (Fsp3) is 0.579. The van der Waals surface area contributed by atoms with E-state index in [0.29, 0.717) is 39.4 Å². The largest absolute Gasteiger partial charge is 0.378 e. The first-order chi connectivity index (χ1) is 12.1. The molecule has 0 spiro atoms. The molecule has 3 rings (SSSR count). The predicted molar refractivity (Wildman–Crippen MR) is 102 cm³/mol. The number of amides is 2. The second-order valence-electron chi connectivity index (χ2n) is 6.84. The molecule has 2 unspecified atom stereocenters. The molecule has 2 N–H and O–H groups in total. The molecule has 0 saturated carbocycles. The number of hydrogen-bond donors (Lipinski definition) is 1. The molecule has 26 heavy (non-hydrogen) atoms. The van der Waals surface area contributed by atoms with E-state index in [1.807, 2.05) is 40.1 Å². The van der Waals surface area contributed by atoms with Crippen LogP contribution < -0.4 is 5.73 Å². The number of halogens is 1. The standard InChI is InChI=1S/C19H27N3O3.ClH/c20-17(15-5-2-1-3-6-15)13-18(23)22-8-4-7-16(14-22)19(24)21-9-11-25-12-10-21;/h1-3,5-6,16-17H,4,7-14,20H2;1H. The summed E-state index contributed by atoms with van der Waals surface area (Å²) in [6, 6.07) is 9.38. The van der Waals surface area contributed by atoms with Crippen LogP contribution in [0.3, 0.4) is 0 Å². The van der Waals surface area contributed by atoms with Gasteiger partial charge in [-0.2, -0.15) is 0 Å². The highest BCUT2D eigenvalue weighted by molar-refractivity contribution is 5.85. The van der Waals surface area contributed by atoms with Gasteiger partial charge in [0.05, 0.1) is 19.1 Å². The van der Waals surface area contributed by atoms with Crippen LogP contribution in [0.25, 0.3) is 0 Å². The second kappa shape index (κ2) is 9.90. The first kappa shape index (κ1) is 20.7. The van der Waals surface area contributed by atoms with Gasteiger partial charge in [0, 0.05) is 38.6 Å². The Balaban J connectivity index is 0.00000243. The third kappa shape index (κ3) is 5.19. The molecule has 2 heterocycles. The van der Waals surface area contributed by atoms with E-state index in [0.717, 1.165) is 18.4 Å². The molecule has 2 aliphatic rings. The van der Waals surface area contributed by atoms with Gasteiger partial charge in [0.1, 0.15) is 0 Å². The Morgan fingerprint density at radius 1 is 1.12 bits per heavy atom. The van der Waals surface area contributed by atoms with Crippen molar-refractivity contribution in [3.05, 3.63) is 35.9 Å². The highest BCUT2D eigenvalue weighted by Gasteiger charge is 2.32. The lowest BCUT2D eigenvalue weighted by Crippen LogP contribution is -2.49. The molecule has 1 aromatic rings. The topological polar surface area (TPSA) is 75.9 Å². The average molecular weight is 382 g/mol. The number of ether oxygens (including phenoxy) is 1. The van der Waals surface area contributed by atoms with Gasteiger partial charge in [0.15, 0.2) is 0 Å². The molecule has 2 atom stereocenters. The van der Waals surface area contributed by atoms with Gasteiger partial charge in [0.25, 0.3) is 0 Å². The first-order valence-electron chi connectivity index (χ1n) is 9.10. The van der Waals surface area contributed by atoms with Crippen LogP contribution in [-0.4, -0.2) is 61.0 Å². The molecule has 2 saturated heterocycles. The lowest BCUT2D eigenvalue weighted by atomic mass is 9.95. The summed E-state index contributed by atoms with van der Waals surface area (Å²) in [5.74, 6) is 0.104. The zero-order valence-electron chi connectivity index (χ0n) is 15.0. The number of hydrogen-bond acceptors (Lipinski definition) is 4. The normalized spacial score (nSPS) is 21.7. The fourth-order valence-corrected chi connectivity index (χ4v) is 3.58. The van der Waals surface area contributed by atoms with Crippen molar-refractivity contribution in [2.24, 2.45) is 11.7 Å². The number of morpholine rings is 1. The van der Waals surface area contributed by atoms with Crippen molar-refractivity contribution in [3.63, 3.8) is 0 Å². The molecule has 2 aliphatic heterocycles. The van der Waals surface area contributed by atoms with Crippen LogP contribution in [0.4, 0.5) is 0 Å². The summed E-state index contributed by atoms with van der Waals surface area (Å²) in [5.41, 5.74) is 7.14. The van der Waals surface area contributed by atoms with Crippen LogP contribution in [0.15, 0.2) is 30.3 Å². The molecule has 0 bridgehead atoms. The van der Waals surface area contributed by atoms with Crippen molar-refractivity contribution in [1.29, 1.82) is 0 Å². The number of carbonyl (C=O) groups excluding carboxylic acids is 2. The molecule has 2 fully saturated rings. The van der Waals surface area contributed by atoms with Crippen molar-refractivity contribution in [1.82, 2.24) is 9.80 Å². The van der Waals surface area contributed by atoms with Crippen LogP contribution in [0, 0.1) is 5.92 Å². The number of nitrogens with zero attached hydrogens (tertiary/aromatic N) is 2. The Labute approximate surface area is 161 Å². The summed E-state index contributed by atoms with van der Waals surface area (Å²) in [6.45, 7) is 3.74. The molecule has 7 heteroatoms. The number of rotatable bonds is 4. The summed E-state index contributed by atoms with van der Waals surface area (Å²) in [7, 11) is 0. The van der Waals surface area contributed by atoms with Gasteiger partial charge in [-0.15, -0.1) is 12.4 Å². The quantitative estimate of drug-likeness (QED) is 0.859.